The Morgan fingerprint density at radius 1 is 1.48 bits per heavy atom. The van der Waals surface area contributed by atoms with E-state index in [2.05, 4.69) is 10.3 Å². The number of hydrazine groups is 1. The molecule has 1 aromatic rings. The minimum absolute atomic E-state index is 0.131. The fourth-order valence-electron chi connectivity index (χ4n) is 3.08. The predicted octanol–water partition coefficient (Wildman–Crippen LogP) is 1.32. The van der Waals surface area contributed by atoms with E-state index < -0.39 is 5.91 Å². The van der Waals surface area contributed by atoms with Crippen molar-refractivity contribution in [1.82, 2.24) is 10.3 Å². The van der Waals surface area contributed by atoms with Crippen LogP contribution in [0.25, 0.3) is 0 Å². The van der Waals surface area contributed by atoms with E-state index in [1.165, 1.54) is 19.3 Å². The Bertz CT molecular complexity index is 467. The Kier molecular flexibility index (Phi) is 5.78. The van der Waals surface area contributed by atoms with Crippen LogP contribution >= 0.6 is 0 Å². The second-order valence-electron chi connectivity index (χ2n) is 5.68. The molecule has 0 unspecified atom stereocenters. The van der Waals surface area contributed by atoms with Gasteiger partial charge >= 0.3 is 5.91 Å². The van der Waals surface area contributed by atoms with Crippen molar-refractivity contribution in [2.75, 3.05) is 13.2 Å². The number of hydrogen-bond donors (Lipinski definition) is 3. The monoisotopic (exact) mass is 295 g/mol. The van der Waals surface area contributed by atoms with Gasteiger partial charge < -0.3 is 9.52 Å². The first kappa shape index (κ1) is 16.0. The van der Waals surface area contributed by atoms with Crippen molar-refractivity contribution in [1.29, 1.82) is 0 Å². The summed E-state index contributed by atoms with van der Waals surface area (Å²) in [6.07, 6.45) is 6.10. The van der Waals surface area contributed by atoms with Gasteiger partial charge in [0.05, 0.1) is 13.2 Å². The fraction of sp³-hybridized carbons (Fsp3) is 0.667. The maximum Gasteiger partial charge on any atom is 0.301 e. The molecule has 0 radical (unpaired) electrons. The van der Waals surface area contributed by atoms with Crippen molar-refractivity contribution >= 4 is 5.91 Å². The van der Waals surface area contributed by atoms with Gasteiger partial charge in [-0.2, -0.15) is 0 Å². The van der Waals surface area contributed by atoms with E-state index in [1.807, 2.05) is 13.0 Å². The van der Waals surface area contributed by atoms with Crippen LogP contribution in [0.15, 0.2) is 10.5 Å². The highest BCUT2D eigenvalue weighted by Crippen LogP contribution is 2.25. The minimum atomic E-state index is -0.412. The Hall–Kier alpha value is -1.37. The average molecular weight is 295 g/mol. The van der Waals surface area contributed by atoms with E-state index in [4.69, 9.17) is 10.3 Å². The van der Waals surface area contributed by atoms with Crippen LogP contribution in [0.4, 0.5) is 0 Å². The van der Waals surface area contributed by atoms with Crippen LogP contribution in [-0.2, 0) is 6.54 Å². The van der Waals surface area contributed by atoms with Gasteiger partial charge in [0.25, 0.3) is 0 Å². The van der Waals surface area contributed by atoms with Crippen molar-refractivity contribution in [2.24, 2.45) is 5.84 Å². The normalized spacial score (nSPS) is 16.4. The SMILES string of the molecule is Cc1cc(CN(CCO)C2CCCCC2)oc1C(=O)NN. The molecule has 21 heavy (non-hydrogen) atoms. The number of amides is 1. The van der Waals surface area contributed by atoms with E-state index in [0.29, 0.717) is 19.1 Å². The molecule has 0 bridgehead atoms. The third kappa shape index (κ3) is 4.06. The number of carbonyl (C=O) groups is 1. The number of aryl methyl sites for hydroxylation is 1. The maximum atomic E-state index is 11.6. The van der Waals surface area contributed by atoms with Crippen LogP contribution in [-0.4, -0.2) is 35.1 Å². The van der Waals surface area contributed by atoms with E-state index in [-0.39, 0.29) is 12.4 Å². The van der Waals surface area contributed by atoms with E-state index in [0.717, 1.165) is 24.2 Å². The van der Waals surface area contributed by atoms with Crippen LogP contribution < -0.4 is 11.3 Å². The second-order valence-corrected chi connectivity index (χ2v) is 5.68. The number of nitrogens with one attached hydrogen (secondary N) is 1. The van der Waals surface area contributed by atoms with Gasteiger partial charge in [-0.3, -0.25) is 15.1 Å². The summed E-state index contributed by atoms with van der Waals surface area (Å²) >= 11 is 0. The maximum absolute atomic E-state index is 11.6. The number of nitrogens with two attached hydrogens (primary N) is 1. The van der Waals surface area contributed by atoms with E-state index in [1.54, 1.807) is 0 Å². The van der Waals surface area contributed by atoms with Gasteiger partial charge in [-0.15, -0.1) is 0 Å². The van der Waals surface area contributed by atoms with Gasteiger partial charge in [0.2, 0.25) is 0 Å². The third-order valence-corrected chi connectivity index (χ3v) is 4.14. The number of furan rings is 1. The summed E-state index contributed by atoms with van der Waals surface area (Å²) in [5, 5.41) is 9.28. The second kappa shape index (κ2) is 7.59. The molecule has 1 fully saturated rings. The molecule has 4 N–H and O–H groups in total. The van der Waals surface area contributed by atoms with Gasteiger partial charge in [0, 0.05) is 18.2 Å². The summed E-state index contributed by atoms with van der Waals surface area (Å²) in [4.78, 5) is 13.8. The largest absolute Gasteiger partial charge is 0.454 e. The van der Waals surface area contributed by atoms with Crippen LogP contribution in [0.2, 0.25) is 0 Å². The molecule has 1 aliphatic carbocycles. The fourth-order valence-corrected chi connectivity index (χ4v) is 3.08. The first-order chi connectivity index (χ1) is 10.2. The molecule has 0 aromatic carbocycles. The zero-order chi connectivity index (χ0) is 15.2. The number of aliphatic hydroxyl groups is 1. The number of nitrogen functional groups attached to an aromatic ring is 1. The lowest BCUT2D eigenvalue weighted by molar-refractivity contribution is 0.0908. The van der Waals surface area contributed by atoms with Crippen molar-refractivity contribution < 1.29 is 14.3 Å². The summed E-state index contributed by atoms with van der Waals surface area (Å²) in [6.45, 7) is 3.20. The van der Waals surface area contributed by atoms with Crippen molar-refractivity contribution in [3.8, 4) is 0 Å². The third-order valence-electron chi connectivity index (χ3n) is 4.14. The van der Waals surface area contributed by atoms with Gasteiger partial charge in [-0.1, -0.05) is 19.3 Å². The number of carbonyl (C=O) groups excluding carboxylic acids is 1. The molecular formula is C15H25N3O3. The van der Waals surface area contributed by atoms with Gasteiger partial charge in [-0.05, 0) is 25.8 Å². The summed E-state index contributed by atoms with van der Waals surface area (Å²) in [6, 6.07) is 2.36. The molecule has 0 aliphatic heterocycles. The molecule has 0 saturated heterocycles. The molecule has 0 atom stereocenters. The van der Waals surface area contributed by atoms with Crippen LogP contribution in [0.3, 0.4) is 0 Å². The van der Waals surface area contributed by atoms with Gasteiger partial charge in [0.15, 0.2) is 5.76 Å². The number of rotatable bonds is 6. The van der Waals surface area contributed by atoms with Gasteiger partial charge in [0.1, 0.15) is 5.76 Å². The zero-order valence-electron chi connectivity index (χ0n) is 12.6. The molecule has 6 nitrogen and oxygen atoms in total. The molecular weight excluding hydrogens is 270 g/mol. The van der Waals surface area contributed by atoms with Gasteiger partial charge in [-0.25, -0.2) is 5.84 Å². The molecule has 1 heterocycles. The summed E-state index contributed by atoms with van der Waals surface area (Å²) in [7, 11) is 0. The molecule has 2 rings (SSSR count). The zero-order valence-corrected chi connectivity index (χ0v) is 12.6. The molecule has 0 spiro atoms. The average Bonchev–Trinajstić information content (AvgIpc) is 2.87. The lowest BCUT2D eigenvalue weighted by Crippen LogP contribution is -2.38. The Balaban J connectivity index is 2.07. The Morgan fingerprint density at radius 2 is 2.19 bits per heavy atom. The van der Waals surface area contributed by atoms with E-state index in [9.17, 15) is 9.90 Å². The number of hydrogen-bond acceptors (Lipinski definition) is 5. The highest BCUT2D eigenvalue weighted by atomic mass is 16.4. The smallest absolute Gasteiger partial charge is 0.301 e. The highest BCUT2D eigenvalue weighted by molar-refractivity contribution is 5.92. The molecule has 1 aromatic heterocycles. The Labute approximate surface area is 125 Å². The molecule has 118 valence electrons. The Morgan fingerprint density at radius 3 is 2.81 bits per heavy atom. The number of nitrogens with zero attached hydrogens (tertiary/aromatic N) is 1. The van der Waals surface area contributed by atoms with Crippen LogP contribution in [0.5, 0.6) is 0 Å². The standard InChI is InChI=1S/C15H25N3O3/c1-11-9-13(21-14(11)15(20)17-16)10-18(7-8-19)12-5-3-2-4-6-12/h9,12,19H,2-8,10,16H2,1H3,(H,17,20). The van der Waals surface area contributed by atoms with E-state index >= 15 is 0 Å². The summed E-state index contributed by atoms with van der Waals surface area (Å²) in [5.41, 5.74) is 2.87. The van der Waals surface area contributed by atoms with Crippen molar-refractivity contribution in [3.05, 3.63) is 23.2 Å². The predicted molar refractivity (Wildman–Crippen MR) is 79.5 cm³/mol. The minimum Gasteiger partial charge on any atom is -0.454 e. The lowest BCUT2D eigenvalue weighted by atomic mass is 9.94. The number of aliphatic hydroxyl groups excluding tert-OH is 1. The molecule has 1 amide bonds. The first-order valence-corrected chi connectivity index (χ1v) is 7.61. The van der Waals surface area contributed by atoms with Crippen molar-refractivity contribution in [3.63, 3.8) is 0 Å². The highest BCUT2D eigenvalue weighted by Gasteiger charge is 2.23. The topological polar surface area (TPSA) is 91.7 Å². The molecule has 1 saturated carbocycles. The summed E-state index contributed by atoms with van der Waals surface area (Å²) < 4.78 is 5.62. The summed E-state index contributed by atoms with van der Waals surface area (Å²) in [5.74, 6) is 5.74. The lowest BCUT2D eigenvalue weighted by Gasteiger charge is -2.33. The first-order valence-electron chi connectivity index (χ1n) is 7.61. The van der Waals surface area contributed by atoms with Crippen LogP contribution in [0, 0.1) is 6.92 Å². The van der Waals surface area contributed by atoms with Crippen LogP contribution in [0.1, 0.15) is 54.0 Å². The molecule has 1 aliphatic rings. The molecule has 6 heteroatoms. The quantitative estimate of drug-likeness (QED) is 0.418. The van der Waals surface area contributed by atoms with Crippen molar-refractivity contribution in [2.45, 2.75) is 51.6 Å².